The van der Waals surface area contributed by atoms with E-state index in [1.54, 1.807) is 6.07 Å². The lowest BCUT2D eigenvalue weighted by atomic mass is 9.75. The van der Waals surface area contributed by atoms with Gasteiger partial charge in [-0.15, -0.1) is 0 Å². The van der Waals surface area contributed by atoms with Crippen LogP contribution < -0.4 is 10.9 Å². The van der Waals surface area contributed by atoms with Crippen molar-refractivity contribution in [2.45, 2.75) is 58.9 Å². The van der Waals surface area contributed by atoms with Gasteiger partial charge in [0.05, 0.1) is 0 Å². The lowest BCUT2D eigenvalue weighted by Crippen LogP contribution is -2.32. The summed E-state index contributed by atoms with van der Waals surface area (Å²) in [7, 11) is 0. The van der Waals surface area contributed by atoms with Crippen molar-refractivity contribution in [1.82, 2.24) is 9.97 Å². The molecule has 0 spiro atoms. The molecule has 0 aliphatic heterocycles. The summed E-state index contributed by atoms with van der Waals surface area (Å²) in [6.45, 7) is 6.61. The van der Waals surface area contributed by atoms with Gasteiger partial charge in [-0.3, -0.25) is 4.79 Å². The standard InChI is InChI=1S/C14H23N3O/c1-4-11-16-12(8-13(18)17-11)15-10-6-5-7-14(2,3)9-10/h8,10H,4-7,9H2,1-3H3,(H2,15,16,17,18). The fourth-order valence-electron chi connectivity index (χ4n) is 2.78. The first-order valence-electron chi connectivity index (χ1n) is 6.85. The minimum absolute atomic E-state index is 0.0700. The van der Waals surface area contributed by atoms with E-state index in [4.69, 9.17) is 0 Å². The molecule has 0 aromatic carbocycles. The average Bonchev–Trinajstić information content (AvgIpc) is 2.26. The van der Waals surface area contributed by atoms with E-state index < -0.39 is 0 Å². The Kier molecular flexibility index (Phi) is 3.73. The zero-order chi connectivity index (χ0) is 13.2. The Labute approximate surface area is 108 Å². The van der Waals surface area contributed by atoms with Crippen LogP contribution in [0.25, 0.3) is 0 Å². The van der Waals surface area contributed by atoms with E-state index in [2.05, 4.69) is 29.1 Å². The molecular formula is C14H23N3O. The minimum atomic E-state index is -0.0700. The number of aromatic amines is 1. The van der Waals surface area contributed by atoms with Crippen molar-refractivity contribution in [2.75, 3.05) is 5.32 Å². The number of hydrogen-bond donors (Lipinski definition) is 2. The summed E-state index contributed by atoms with van der Waals surface area (Å²) in [6, 6.07) is 1.99. The van der Waals surface area contributed by atoms with Crippen LogP contribution in [0.1, 0.15) is 52.3 Å². The second kappa shape index (κ2) is 5.12. The van der Waals surface area contributed by atoms with Crippen LogP contribution in [0.3, 0.4) is 0 Å². The van der Waals surface area contributed by atoms with Crippen LogP contribution in [0.2, 0.25) is 0 Å². The topological polar surface area (TPSA) is 57.8 Å². The van der Waals surface area contributed by atoms with E-state index in [-0.39, 0.29) is 5.56 Å². The van der Waals surface area contributed by atoms with Crippen LogP contribution in [-0.2, 0) is 6.42 Å². The van der Waals surface area contributed by atoms with Gasteiger partial charge in [0.15, 0.2) is 0 Å². The Morgan fingerprint density at radius 1 is 1.56 bits per heavy atom. The van der Waals surface area contributed by atoms with Crippen molar-refractivity contribution in [3.8, 4) is 0 Å². The van der Waals surface area contributed by atoms with Crippen LogP contribution in [0.4, 0.5) is 5.82 Å². The summed E-state index contributed by atoms with van der Waals surface area (Å²) >= 11 is 0. The predicted molar refractivity (Wildman–Crippen MR) is 73.9 cm³/mol. The van der Waals surface area contributed by atoms with Gasteiger partial charge in [0.1, 0.15) is 11.6 Å². The van der Waals surface area contributed by atoms with Crippen molar-refractivity contribution in [2.24, 2.45) is 5.41 Å². The van der Waals surface area contributed by atoms with Gasteiger partial charge in [0.25, 0.3) is 5.56 Å². The predicted octanol–water partition coefficient (Wildman–Crippen LogP) is 2.71. The Morgan fingerprint density at radius 3 is 3.00 bits per heavy atom. The number of rotatable bonds is 3. The fraction of sp³-hybridized carbons (Fsp3) is 0.714. The van der Waals surface area contributed by atoms with Crippen molar-refractivity contribution in [3.63, 3.8) is 0 Å². The summed E-state index contributed by atoms with van der Waals surface area (Å²) in [6.07, 6.45) is 5.59. The highest BCUT2D eigenvalue weighted by molar-refractivity contribution is 5.34. The smallest absolute Gasteiger partial charge is 0.252 e. The number of nitrogens with zero attached hydrogens (tertiary/aromatic N) is 1. The van der Waals surface area contributed by atoms with E-state index in [0.717, 1.165) is 24.5 Å². The molecule has 2 N–H and O–H groups in total. The quantitative estimate of drug-likeness (QED) is 0.866. The van der Waals surface area contributed by atoms with Gasteiger partial charge in [-0.05, 0) is 24.7 Å². The Balaban J connectivity index is 2.09. The average molecular weight is 249 g/mol. The molecule has 1 heterocycles. The second-order valence-electron chi connectivity index (χ2n) is 6.03. The molecule has 2 rings (SSSR count). The van der Waals surface area contributed by atoms with Crippen LogP contribution >= 0.6 is 0 Å². The third-order valence-corrected chi connectivity index (χ3v) is 3.68. The van der Waals surface area contributed by atoms with E-state index in [9.17, 15) is 4.79 Å². The molecule has 100 valence electrons. The first-order chi connectivity index (χ1) is 8.48. The SMILES string of the molecule is CCc1nc(NC2CCCC(C)(C)C2)cc(=O)[nH]1. The van der Waals surface area contributed by atoms with E-state index in [1.807, 2.05) is 6.92 Å². The first-order valence-corrected chi connectivity index (χ1v) is 6.85. The molecule has 0 saturated heterocycles. The molecule has 4 nitrogen and oxygen atoms in total. The highest BCUT2D eigenvalue weighted by atomic mass is 16.1. The van der Waals surface area contributed by atoms with Gasteiger partial charge in [0, 0.05) is 18.5 Å². The zero-order valence-corrected chi connectivity index (χ0v) is 11.5. The minimum Gasteiger partial charge on any atom is -0.367 e. The van der Waals surface area contributed by atoms with Gasteiger partial charge < -0.3 is 10.3 Å². The molecule has 1 fully saturated rings. The summed E-state index contributed by atoms with van der Waals surface area (Å²) in [5.74, 6) is 1.47. The molecule has 1 saturated carbocycles. The van der Waals surface area contributed by atoms with Crippen molar-refractivity contribution < 1.29 is 0 Å². The maximum absolute atomic E-state index is 11.5. The number of H-pyrrole nitrogens is 1. The summed E-state index contributed by atoms with van der Waals surface area (Å²) < 4.78 is 0. The first kappa shape index (κ1) is 13.1. The van der Waals surface area contributed by atoms with E-state index >= 15 is 0 Å². The second-order valence-corrected chi connectivity index (χ2v) is 6.03. The Hall–Kier alpha value is -1.32. The lowest BCUT2D eigenvalue weighted by Gasteiger charge is -2.35. The normalized spacial score (nSPS) is 22.7. The molecule has 0 bridgehead atoms. The summed E-state index contributed by atoms with van der Waals surface area (Å²) in [5.41, 5.74) is 0.324. The lowest BCUT2D eigenvalue weighted by molar-refractivity contribution is 0.229. The molecule has 1 aliphatic carbocycles. The molecule has 0 radical (unpaired) electrons. The summed E-state index contributed by atoms with van der Waals surface area (Å²) in [5, 5.41) is 3.42. The van der Waals surface area contributed by atoms with Crippen molar-refractivity contribution in [1.29, 1.82) is 0 Å². The number of aromatic nitrogens is 2. The zero-order valence-electron chi connectivity index (χ0n) is 11.5. The number of nitrogens with one attached hydrogen (secondary N) is 2. The monoisotopic (exact) mass is 249 g/mol. The molecule has 4 heteroatoms. The molecular weight excluding hydrogens is 226 g/mol. The third kappa shape index (κ3) is 3.34. The Bertz CT molecular complexity index is 464. The van der Waals surface area contributed by atoms with E-state index in [0.29, 0.717) is 11.5 Å². The summed E-state index contributed by atoms with van der Waals surface area (Å²) in [4.78, 5) is 18.7. The Morgan fingerprint density at radius 2 is 2.33 bits per heavy atom. The van der Waals surface area contributed by atoms with Gasteiger partial charge in [-0.1, -0.05) is 27.2 Å². The van der Waals surface area contributed by atoms with E-state index in [1.165, 1.54) is 19.3 Å². The van der Waals surface area contributed by atoms with Gasteiger partial charge in [-0.25, -0.2) is 4.98 Å². The van der Waals surface area contributed by atoms with Gasteiger partial charge in [-0.2, -0.15) is 0 Å². The van der Waals surface area contributed by atoms with Crippen LogP contribution in [0, 0.1) is 5.41 Å². The van der Waals surface area contributed by atoms with Crippen LogP contribution in [0.15, 0.2) is 10.9 Å². The van der Waals surface area contributed by atoms with Gasteiger partial charge >= 0.3 is 0 Å². The highest BCUT2D eigenvalue weighted by Gasteiger charge is 2.28. The molecule has 1 unspecified atom stereocenters. The molecule has 1 aliphatic rings. The molecule has 1 aromatic rings. The number of aryl methyl sites for hydroxylation is 1. The maximum atomic E-state index is 11.5. The molecule has 1 aromatic heterocycles. The maximum Gasteiger partial charge on any atom is 0.252 e. The largest absolute Gasteiger partial charge is 0.367 e. The molecule has 18 heavy (non-hydrogen) atoms. The molecule has 1 atom stereocenters. The number of anilines is 1. The third-order valence-electron chi connectivity index (χ3n) is 3.68. The highest BCUT2D eigenvalue weighted by Crippen LogP contribution is 2.36. The van der Waals surface area contributed by atoms with Gasteiger partial charge in [0.2, 0.25) is 0 Å². The van der Waals surface area contributed by atoms with Crippen LogP contribution in [-0.4, -0.2) is 16.0 Å². The molecule has 0 amide bonds. The van der Waals surface area contributed by atoms with Crippen LogP contribution in [0.5, 0.6) is 0 Å². The fourth-order valence-corrected chi connectivity index (χ4v) is 2.78. The van der Waals surface area contributed by atoms with Crippen molar-refractivity contribution in [3.05, 3.63) is 22.2 Å². The number of hydrogen-bond acceptors (Lipinski definition) is 3. The van der Waals surface area contributed by atoms with Crippen molar-refractivity contribution >= 4 is 5.82 Å².